The summed E-state index contributed by atoms with van der Waals surface area (Å²) in [5, 5.41) is 11.5. The van der Waals surface area contributed by atoms with Crippen LogP contribution in [0.25, 0.3) is 0 Å². The first-order chi connectivity index (χ1) is 11.3. The molecule has 2 aliphatic heterocycles. The molecule has 3 heterocycles. The molecule has 0 aromatic carbocycles. The van der Waals surface area contributed by atoms with Gasteiger partial charge >= 0.3 is 0 Å². The van der Waals surface area contributed by atoms with Crippen molar-refractivity contribution < 1.29 is 9.53 Å². The van der Waals surface area contributed by atoms with Gasteiger partial charge in [0, 0.05) is 39.3 Å². The average molecular weight is 319 g/mol. The Morgan fingerprint density at radius 1 is 1.09 bits per heavy atom. The molecule has 0 radical (unpaired) electrons. The van der Waals surface area contributed by atoms with E-state index < -0.39 is 0 Å². The number of hydrogen-bond donors (Lipinski definition) is 1. The highest BCUT2D eigenvalue weighted by Gasteiger charge is 2.19. The first-order valence-corrected chi connectivity index (χ1v) is 8.50. The minimum absolute atomic E-state index is 0.00272. The molecule has 0 atom stereocenters. The normalized spacial score (nSPS) is 19.6. The lowest BCUT2D eigenvalue weighted by Crippen LogP contribution is -2.39. The lowest BCUT2D eigenvalue weighted by atomic mass is 10.1. The summed E-state index contributed by atoms with van der Waals surface area (Å²) in [5.41, 5.74) is 0.436. The van der Waals surface area contributed by atoms with Crippen molar-refractivity contribution >= 4 is 11.7 Å². The molecule has 2 saturated heterocycles. The van der Waals surface area contributed by atoms with Crippen LogP contribution in [-0.4, -0.2) is 78.4 Å². The quantitative estimate of drug-likeness (QED) is 0.867. The van der Waals surface area contributed by atoms with Crippen LogP contribution < -0.4 is 5.32 Å². The molecule has 2 aliphatic rings. The molecule has 126 valence electrons. The van der Waals surface area contributed by atoms with Crippen LogP contribution in [0.3, 0.4) is 0 Å². The van der Waals surface area contributed by atoms with Crippen molar-refractivity contribution in [2.75, 3.05) is 57.8 Å². The van der Waals surface area contributed by atoms with Gasteiger partial charge in [-0.3, -0.25) is 9.69 Å². The van der Waals surface area contributed by atoms with E-state index in [2.05, 4.69) is 20.4 Å². The van der Waals surface area contributed by atoms with Crippen molar-refractivity contribution in [2.24, 2.45) is 0 Å². The molecule has 2 fully saturated rings. The highest BCUT2D eigenvalue weighted by atomic mass is 16.5. The summed E-state index contributed by atoms with van der Waals surface area (Å²) < 4.78 is 5.33. The standard InChI is InChI=1S/C16H25N5O2/c22-16(21-7-2-1-3-8-21)14-4-5-15(19-18-14)17-6-9-20-10-12-23-13-11-20/h4-5H,1-3,6-13H2,(H,17,19). The number of hydrogen-bond acceptors (Lipinski definition) is 6. The van der Waals surface area contributed by atoms with Crippen molar-refractivity contribution in [1.29, 1.82) is 0 Å². The number of ether oxygens (including phenoxy) is 1. The number of morpholine rings is 1. The zero-order valence-electron chi connectivity index (χ0n) is 13.5. The lowest BCUT2D eigenvalue weighted by Gasteiger charge is -2.26. The minimum atomic E-state index is -0.00272. The van der Waals surface area contributed by atoms with E-state index in [0.29, 0.717) is 11.5 Å². The van der Waals surface area contributed by atoms with Gasteiger partial charge in [0.1, 0.15) is 5.82 Å². The minimum Gasteiger partial charge on any atom is -0.379 e. The monoisotopic (exact) mass is 319 g/mol. The number of carbonyl (C=O) groups excluding carboxylic acids is 1. The van der Waals surface area contributed by atoms with E-state index in [0.717, 1.165) is 65.3 Å². The van der Waals surface area contributed by atoms with Crippen molar-refractivity contribution in [3.05, 3.63) is 17.8 Å². The highest BCUT2D eigenvalue weighted by Crippen LogP contribution is 2.12. The van der Waals surface area contributed by atoms with Gasteiger partial charge in [0.25, 0.3) is 5.91 Å². The van der Waals surface area contributed by atoms with E-state index in [1.165, 1.54) is 6.42 Å². The Hall–Kier alpha value is -1.73. The third kappa shape index (κ3) is 4.62. The van der Waals surface area contributed by atoms with Crippen LogP contribution in [0.5, 0.6) is 0 Å². The summed E-state index contributed by atoms with van der Waals surface area (Å²) >= 11 is 0. The molecule has 1 aromatic heterocycles. The molecule has 0 aliphatic carbocycles. The molecule has 1 aromatic rings. The number of anilines is 1. The van der Waals surface area contributed by atoms with Gasteiger partial charge in [-0.25, -0.2) is 0 Å². The summed E-state index contributed by atoms with van der Waals surface area (Å²) in [7, 11) is 0. The summed E-state index contributed by atoms with van der Waals surface area (Å²) in [5.74, 6) is 0.713. The van der Waals surface area contributed by atoms with Crippen LogP contribution in [0.1, 0.15) is 29.8 Å². The SMILES string of the molecule is O=C(c1ccc(NCCN2CCOCC2)nn1)N1CCCCC1. The molecule has 0 spiro atoms. The van der Waals surface area contributed by atoms with Crippen molar-refractivity contribution in [2.45, 2.75) is 19.3 Å². The van der Waals surface area contributed by atoms with E-state index in [9.17, 15) is 4.79 Å². The zero-order valence-corrected chi connectivity index (χ0v) is 13.5. The van der Waals surface area contributed by atoms with E-state index >= 15 is 0 Å². The van der Waals surface area contributed by atoms with Gasteiger partial charge in [0.2, 0.25) is 0 Å². The molecule has 0 bridgehead atoms. The topological polar surface area (TPSA) is 70.6 Å². The number of piperidine rings is 1. The van der Waals surface area contributed by atoms with Crippen molar-refractivity contribution in [3.8, 4) is 0 Å². The Morgan fingerprint density at radius 2 is 1.87 bits per heavy atom. The second-order valence-corrected chi connectivity index (χ2v) is 6.04. The number of nitrogens with zero attached hydrogens (tertiary/aromatic N) is 4. The van der Waals surface area contributed by atoms with Gasteiger partial charge < -0.3 is 15.0 Å². The Kier molecular flexibility index (Phi) is 5.76. The third-order valence-corrected chi connectivity index (χ3v) is 4.36. The van der Waals surface area contributed by atoms with E-state index in [-0.39, 0.29) is 5.91 Å². The Bertz CT molecular complexity index is 496. The maximum Gasteiger partial charge on any atom is 0.274 e. The van der Waals surface area contributed by atoms with Gasteiger partial charge in [-0.15, -0.1) is 10.2 Å². The second kappa shape index (κ2) is 8.21. The maximum absolute atomic E-state index is 12.3. The number of aromatic nitrogens is 2. The molecule has 3 rings (SSSR count). The fraction of sp³-hybridized carbons (Fsp3) is 0.688. The van der Waals surface area contributed by atoms with E-state index in [1.54, 1.807) is 6.07 Å². The summed E-state index contributed by atoms with van der Waals surface area (Å²) in [6, 6.07) is 3.60. The first kappa shape index (κ1) is 16.1. The molecule has 0 unspecified atom stereocenters. The molecular formula is C16H25N5O2. The Morgan fingerprint density at radius 3 is 2.57 bits per heavy atom. The Labute approximate surface area is 137 Å². The third-order valence-electron chi connectivity index (χ3n) is 4.36. The molecule has 1 amide bonds. The van der Waals surface area contributed by atoms with Crippen LogP contribution in [0.4, 0.5) is 5.82 Å². The lowest BCUT2D eigenvalue weighted by molar-refractivity contribution is 0.0398. The van der Waals surface area contributed by atoms with Gasteiger partial charge in [-0.1, -0.05) is 0 Å². The second-order valence-electron chi connectivity index (χ2n) is 6.04. The molecule has 1 N–H and O–H groups in total. The molecular weight excluding hydrogens is 294 g/mol. The van der Waals surface area contributed by atoms with Gasteiger partial charge in [0.05, 0.1) is 13.2 Å². The van der Waals surface area contributed by atoms with E-state index in [1.807, 2.05) is 11.0 Å². The van der Waals surface area contributed by atoms with Crippen LogP contribution in [0, 0.1) is 0 Å². The van der Waals surface area contributed by atoms with E-state index in [4.69, 9.17) is 4.74 Å². The predicted molar refractivity (Wildman–Crippen MR) is 87.5 cm³/mol. The average Bonchev–Trinajstić information content (AvgIpc) is 2.63. The van der Waals surface area contributed by atoms with Crippen LogP contribution in [0.15, 0.2) is 12.1 Å². The smallest absolute Gasteiger partial charge is 0.274 e. The zero-order chi connectivity index (χ0) is 15.9. The molecule has 7 nitrogen and oxygen atoms in total. The van der Waals surface area contributed by atoms with Gasteiger partial charge in [-0.05, 0) is 31.4 Å². The van der Waals surface area contributed by atoms with Gasteiger partial charge in [-0.2, -0.15) is 0 Å². The van der Waals surface area contributed by atoms with Crippen LogP contribution >= 0.6 is 0 Å². The summed E-state index contributed by atoms with van der Waals surface area (Å²) in [6.07, 6.45) is 3.38. The van der Waals surface area contributed by atoms with Crippen LogP contribution in [0.2, 0.25) is 0 Å². The summed E-state index contributed by atoms with van der Waals surface area (Å²) in [4.78, 5) is 16.5. The fourth-order valence-corrected chi connectivity index (χ4v) is 2.97. The number of amides is 1. The molecule has 7 heteroatoms. The number of likely N-dealkylation sites (tertiary alicyclic amines) is 1. The number of rotatable bonds is 5. The molecule has 23 heavy (non-hydrogen) atoms. The predicted octanol–water partition coefficient (Wildman–Crippen LogP) is 0.847. The summed E-state index contributed by atoms with van der Waals surface area (Å²) in [6.45, 7) is 7.03. The van der Waals surface area contributed by atoms with Crippen molar-refractivity contribution in [3.63, 3.8) is 0 Å². The van der Waals surface area contributed by atoms with Gasteiger partial charge in [0.15, 0.2) is 5.69 Å². The fourth-order valence-electron chi connectivity index (χ4n) is 2.97. The largest absolute Gasteiger partial charge is 0.379 e. The highest BCUT2D eigenvalue weighted by molar-refractivity contribution is 5.92. The van der Waals surface area contributed by atoms with Crippen LogP contribution in [-0.2, 0) is 4.74 Å². The first-order valence-electron chi connectivity index (χ1n) is 8.50. The maximum atomic E-state index is 12.3. The Balaban J connectivity index is 1.45. The van der Waals surface area contributed by atoms with Crippen molar-refractivity contribution in [1.82, 2.24) is 20.0 Å². The number of nitrogens with one attached hydrogen (secondary N) is 1. The number of carbonyl (C=O) groups is 1. The molecule has 0 saturated carbocycles.